The van der Waals surface area contributed by atoms with Crippen LogP contribution in [0.15, 0.2) is 18.6 Å². The summed E-state index contributed by atoms with van der Waals surface area (Å²) < 4.78 is 38.8. The number of rotatable bonds is 7. The maximum absolute atomic E-state index is 12.6. The summed E-state index contributed by atoms with van der Waals surface area (Å²) >= 11 is 6.31. The number of ether oxygens (including phenoxy) is 2. The third-order valence-corrected chi connectivity index (χ3v) is 7.82. The number of hydrogen-bond acceptors (Lipinski definition) is 9. The van der Waals surface area contributed by atoms with Gasteiger partial charge >= 0.3 is 0 Å². The van der Waals surface area contributed by atoms with Gasteiger partial charge in [-0.05, 0) is 5.41 Å². The second-order valence-corrected chi connectivity index (χ2v) is 12.2. The number of aryl methyl sites for hydroxylation is 1. The Balaban J connectivity index is 1.41. The smallest absolute Gasteiger partial charge is 0.229 e. The molecule has 2 saturated heterocycles. The number of aromatic nitrogens is 4. The molecule has 4 heterocycles. The lowest BCUT2D eigenvalue weighted by Crippen LogP contribution is -2.37. The van der Waals surface area contributed by atoms with Crippen molar-refractivity contribution in [2.45, 2.75) is 39.0 Å². The molecule has 2 aromatic rings. The molecular formula is C20H29ClN6O4S. The molecule has 2 aromatic heterocycles. The van der Waals surface area contributed by atoms with Gasteiger partial charge in [-0.2, -0.15) is 10.1 Å². The van der Waals surface area contributed by atoms with E-state index in [1.165, 1.54) is 6.20 Å². The van der Waals surface area contributed by atoms with E-state index in [2.05, 4.69) is 25.7 Å². The predicted octanol–water partition coefficient (Wildman–Crippen LogP) is 2.26. The van der Waals surface area contributed by atoms with Gasteiger partial charge in [0.05, 0.1) is 54.9 Å². The van der Waals surface area contributed by atoms with Gasteiger partial charge in [-0.3, -0.25) is 4.68 Å². The van der Waals surface area contributed by atoms with Crippen LogP contribution in [0.4, 0.5) is 17.5 Å². The van der Waals surface area contributed by atoms with Gasteiger partial charge in [0.25, 0.3) is 0 Å². The molecular weight excluding hydrogens is 456 g/mol. The van der Waals surface area contributed by atoms with Crippen LogP contribution in [0.25, 0.3) is 0 Å². The molecule has 2 fully saturated rings. The van der Waals surface area contributed by atoms with Crippen molar-refractivity contribution in [3.8, 4) is 0 Å². The van der Waals surface area contributed by atoms with Crippen molar-refractivity contribution >= 4 is 38.9 Å². The lowest BCUT2D eigenvalue weighted by atomic mass is 10.0. The first kappa shape index (κ1) is 23.2. The molecule has 0 saturated carbocycles. The van der Waals surface area contributed by atoms with E-state index in [9.17, 15) is 8.42 Å². The predicted molar refractivity (Wildman–Crippen MR) is 122 cm³/mol. The molecule has 0 spiro atoms. The summed E-state index contributed by atoms with van der Waals surface area (Å²) in [6.45, 7) is 6.49. The van der Waals surface area contributed by atoms with Crippen LogP contribution in [0.2, 0.25) is 5.02 Å². The zero-order valence-corrected chi connectivity index (χ0v) is 20.2. The van der Waals surface area contributed by atoms with Gasteiger partial charge in [-0.1, -0.05) is 32.4 Å². The van der Waals surface area contributed by atoms with Gasteiger partial charge in [0, 0.05) is 19.2 Å². The van der Waals surface area contributed by atoms with Crippen LogP contribution in [0, 0.1) is 11.3 Å². The number of anilines is 3. The Morgan fingerprint density at radius 1 is 1.22 bits per heavy atom. The van der Waals surface area contributed by atoms with Crippen LogP contribution in [-0.4, -0.2) is 71.1 Å². The fraction of sp³-hybridized carbons (Fsp3) is 0.650. The second-order valence-electron chi connectivity index (χ2n) is 9.64. The fourth-order valence-electron chi connectivity index (χ4n) is 4.21. The molecule has 4 unspecified atom stereocenters. The maximum atomic E-state index is 12.6. The molecule has 0 amide bonds. The number of nitrogens with zero attached hydrogens (tertiary/aromatic N) is 4. The Labute approximate surface area is 193 Å². The first-order chi connectivity index (χ1) is 15.0. The van der Waals surface area contributed by atoms with Gasteiger partial charge in [-0.15, -0.1) is 0 Å². The van der Waals surface area contributed by atoms with Crippen LogP contribution >= 0.6 is 11.6 Å². The Hall–Kier alpha value is -1.95. The van der Waals surface area contributed by atoms with Crippen LogP contribution < -0.4 is 10.6 Å². The second kappa shape index (κ2) is 8.77. The monoisotopic (exact) mass is 484 g/mol. The van der Waals surface area contributed by atoms with E-state index in [0.29, 0.717) is 30.0 Å². The van der Waals surface area contributed by atoms with Crippen LogP contribution in [-0.2, 0) is 26.4 Å². The number of hydrogen-bond donors (Lipinski definition) is 2. The highest BCUT2D eigenvalue weighted by Gasteiger charge is 2.49. The van der Waals surface area contributed by atoms with Crippen LogP contribution in [0.3, 0.4) is 0 Å². The molecule has 0 bridgehead atoms. The highest BCUT2D eigenvalue weighted by atomic mass is 35.5. The van der Waals surface area contributed by atoms with Gasteiger partial charge < -0.3 is 20.1 Å². The van der Waals surface area contributed by atoms with Crippen molar-refractivity contribution in [1.82, 2.24) is 19.7 Å². The highest BCUT2D eigenvalue weighted by molar-refractivity contribution is 7.91. The third-order valence-electron chi connectivity index (χ3n) is 5.30. The lowest BCUT2D eigenvalue weighted by Gasteiger charge is -2.21. The van der Waals surface area contributed by atoms with Gasteiger partial charge in [-0.25, -0.2) is 13.4 Å². The molecule has 4 rings (SSSR count). The maximum Gasteiger partial charge on any atom is 0.229 e. The van der Waals surface area contributed by atoms with E-state index in [0.717, 1.165) is 5.69 Å². The lowest BCUT2D eigenvalue weighted by molar-refractivity contribution is 0.0656. The van der Waals surface area contributed by atoms with Crippen LogP contribution in [0.5, 0.6) is 0 Å². The first-order valence-electron chi connectivity index (χ1n) is 10.5. The standard InChI is InChI=1S/C20H29ClN6O4S/c1-20(2,3)11-32(28,29)10-12-8-30-17-15(9-31-16(12)17)25-18-14(21)6-22-19(26-18)24-13-5-23-27(4)7-13/h5-7,12,15-17H,8-11H2,1-4H3,(H2,22,24,25,26). The molecule has 2 aliphatic rings. The molecule has 12 heteroatoms. The zero-order chi connectivity index (χ0) is 23.1. The summed E-state index contributed by atoms with van der Waals surface area (Å²) in [5.41, 5.74) is 0.465. The van der Waals surface area contributed by atoms with E-state index in [1.807, 2.05) is 27.8 Å². The molecule has 4 atom stereocenters. The minimum absolute atomic E-state index is 0.0611. The summed E-state index contributed by atoms with van der Waals surface area (Å²) in [6, 6.07) is -0.200. The van der Waals surface area contributed by atoms with Crippen molar-refractivity contribution < 1.29 is 17.9 Å². The topological polar surface area (TPSA) is 120 Å². The summed E-state index contributed by atoms with van der Waals surface area (Å²) in [5, 5.41) is 10.8. The van der Waals surface area contributed by atoms with E-state index >= 15 is 0 Å². The molecule has 176 valence electrons. The third kappa shape index (κ3) is 5.51. The molecule has 2 N–H and O–H groups in total. The van der Waals surface area contributed by atoms with Crippen molar-refractivity contribution in [2.24, 2.45) is 18.4 Å². The molecule has 2 aliphatic heterocycles. The molecule has 0 radical (unpaired) electrons. The normalized spacial score (nSPS) is 25.7. The summed E-state index contributed by atoms with van der Waals surface area (Å²) in [4.78, 5) is 8.67. The van der Waals surface area contributed by atoms with E-state index < -0.39 is 9.84 Å². The van der Waals surface area contributed by atoms with Gasteiger partial charge in [0.15, 0.2) is 15.7 Å². The average molecular weight is 485 g/mol. The quantitative estimate of drug-likeness (QED) is 0.609. The largest absolute Gasteiger partial charge is 0.373 e. The summed E-state index contributed by atoms with van der Waals surface area (Å²) in [6.07, 6.45) is 4.43. The number of fused-ring (bicyclic) bond motifs is 1. The Morgan fingerprint density at radius 3 is 2.66 bits per heavy atom. The SMILES string of the molecule is Cn1cc(Nc2ncc(Cl)c(NC3COC4C(CS(=O)(=O)CC(C)(C)C)COC34)n2)cn1. The number of halogens is 1. The van der Waals surface area contributed by atoms with Crippen molar-refractivity contribution in [3.63, 3.8) is 0 Å². The van der Waals surface area contributed by atoms with Crippen LogP contribution in [0.1, 0.15) is 20.8 Å². The van der Waals surface area contributed by atoms with Crippen molar-refractivity contribution in [2.75, 3.05) is 35.4 Å². The van der Waals surface area contributed by atoms with E-state index in [1.54, 1.807) is 17.1 Å². The van der Waals surface area contributed by atoms with E-state index in [-0.39, 0.29) is 41.1 Å². The summed E-state index contributed by atoms with van der Waals surface area (Å²) in [5.74, 6) is 0.834. The number of nitrogens with one attached hydrogen (secondary N) is 2. The van der Waals surface area contributed by atoms with E-state index in [4.69, 9.17) is 21.1 Å². The van der Waals surface area contributed by atoms with Crippen molar-refractivity contribution in [1.29, 1.82) is 0 Å². The number of sulfone groups is 1. The molecule has 10 nitrogen and oxygen atoms in total. The molecule has 0 aliphatic carbocycles. The molecule has 0 aromatic carbocycles. The Kier molecular flexibility index (Phi) is 6.36. The Bertz CT molecular complexity index is 1070. The summed E-state index contributed by atoms with van der Waals surface area (Å²) in [7, 11) is -1.40. The fourth-order valence-corrected chi connectivity index (χ4v) is 6.73. The zero-order valence-electron chi connectivity index (χ0n) is 18.6. The minimum Gasteiger partial charge on any atom is -0.373 e. The highest BCUT2D eigenvalue weighted by Crippen LogP contribution is 2.35. The van der Waals surface area contributed by atoms with Crippen molar-refractivity contribution in [3.05, 3.63) is 23.6 Å². The van der Waals surface area contributed by atoms with Gasteiger partial charge in [0.2, 0.25) is 5.95 Å². The van der Waals surface area contributed by atoms with Gasteiger partial charge in [0.1, 0.15) is 11.1 Å². The first-order valence-corrected chi connectivity index (χ1v) is 12.7. The Morgan fingerprint density at radius 2 is 1.97 bits per heavy atom. The molecule has 32 heavy (non-hydrogen) atoms. The average Bonchev–Trinajstić information content (AvgIpc) is 3.35. The minimum atomic E-state index is -3.22.